The highest BCUT2D eigenvalue weighted by Crippen LogP contribution is 2.39. The minimum atomic E-state index is -0.272. The molecule has 0 saturated heterocycles. The third-order valence-corrected chi connectivity index (χ3v) is 3.86. The van der Waals surface area contributed by atoms with Crippen molar-refractivity contribution in [2.45, 2.75) is 39.8 Å². The fourth-order valence-electron chi connectivity index (χ4n) is 2.54. The molecule has 1 aromatic rings. The van der Waals surface area contributed by atoms with Crippen LogP contribution in [0.25, 0.3) is 0 Å². The third kappa shape index (κ3) is 4.11. The average molecular weight is 344 g/mol. The third-order valence-electron chi connectivity index (χ3n) is 3.27. The lowest BCUT2D eigenvalue weighted by Gasteiger charge is -2.26. The van der Waals surface area contributed by atoms with Crippen molar-refractivity contribution in [3.8, 4) is 11.5 Å². The van der Waals surface area contributed by atoms with Crippen molar-refractivity contribution in [3.63, 3.8) is 0 Å². The van der Waals surface area contributed by atoms with Gasteiger partial charge in [0.05, 0.1) is 10.6 Å². The van der Waals surface area contributed by atoms with E-state index in [1.54, 1.807) is 0 Å². The lowest BCUT2D eigenvalue weighted by atomic mass is 9.87. The van der Waals surface area contributed by atoms with Crippen LogP contribution >= 0.6 is 15.9 Å². The smallest absolute Gasteiger partial charge is 0.231 e. The van der Waals surface area contributed by atoms with Crippen LogP contribution in [0.4, 0.5) is 0 Å². The number of aliphatic hydroxyl groups is 1. The molecule has 1 aliphatic rings. The van der Waals surface area contributed by atoms with E-state index in [4.69, 9.17) is 9.47 Å². The van der Waals surface area contributed by atoms with Crippen molar-refractivity contribution in [1.29, 1.82) is 0 Å². The molecule has 1 unspecified atom stereocenters. The van der Waals surface area contributed by atoms with Crippen molar-refractivity contribution in [3.05, 3.63) is 22.2 Å². The van der Waals surface area contributed by atoms with Crippen LogP contribution in [-0.4, -0.2) is 24.5 Å². The van der Waals surface area contributed by atoms with Crippen molar-refractivity contribution in [2.75, 3.05) is 13.3 Å². The van der Waals surface area contributed by atoms with E-state index in [0.717, 1.165) is 41.0 Å². The second-order valence-corrected chi connectivity index (χ2v) is 6.99. The van der Waals surface area contributed by atoms with Crippen LogP contribution in [0.1, 0.15) is 32.8 Å². The van der Waals surface area contributed by atoms with E-state index in [0.29, 0.717) is 0 Å². The summed E-state index contributed by atoms with van der Waals surface area (Å²) >= 11 is 3.50. The van der Waals surface area contributed by atoms with E-state index >= 15 is 0 Å². The highest BCUT2D eigenvalue weighted by Gasteiger charge is 2.21. The molecule has 0 radical (unpaired) electrons. The van der Waals surface area contributed by atoms with Gasteiger partial charge in [-0.2, -0.15) is 0 Å². The monoisotopic (exact) mass is 343 g/mol. The number of fused-ring (bicyclic) bond motifs is 1. The van der Waals surface area contributed by atoms with Crippen molar-refractivity contribution >= 4 is 15.9 Å². The molecule has 0 bridgehead atoms. The van der Waals surface area contributed by atoms with Crippen LogP contribution in [0, 0.1) is 5.41 Å². The Morgan fingerprint density at radius 3 is 2.85 bits per heavy atom. The van der Waals surface area contributed by atoms with Gasteiger partial charge in [-0.3, -0.25) is 0 Å². The van der Waals surface area contributed by atoms with E-state index in [1.165, 1.54) is 0 Å². The predicted octanol–water partition coefficient (Wildman–Crippen LogP) is 3.06. The quantitative estimate of drug-likeness (QED) is 0.833. The molecule has 20 heavy (non-hydrogen) atoms. The molecule has 0 saturated carbocycles. The summed E-state index contributed by atoms with van der Waals surface area (Å²) in [5, 5.41) is 12.9. The molecular weight excluding hydrogens is 322 g/mol. The van der Waals surface area contributed by atoms with Gasteiger partial charge in [-0.05, 0) is 52.4 Å². The highest BCUT2D eigenvalue weighted by atomic mass is 79.9. The zero-order valence-corrected chi connectivity index (χ0v) is 13.8. The predicted molar refractivity (Wildman–Crippen MR) is 82.1 cm³/mol. The second-order valence-electron chi connectivity index (χ2n) is 6.13. The van der Waals surface area contributed by atoms with Crippen LogP contribution in [0.15, 0.2) is 16.6 Å². The van der Waals surface area contributed by atoms with Gasteiger partial charge < -0.3 is 19.9 Å². The molecule has 2 N–H and O–H groups in total. The molecule has 0 amide bonds. The van der Waals surface area contributed by atoms with Gasteiger partial charge in [0, 0.05) is 13.1 Å². The zero-order chi connectivity index (χ0) is 14.8. The van der Waals surface area contributed by atoms with Gasteiger partial charge in [0.25, 0.3) is 0 Å². The Labute approximate surface area is 128 Å². The van der Waals surface area contributed by atoms with E-state index in [2.05, 4.69) is 35.1 Å². The number of halogens is 1. The highest BCUT2D eigenvalue weighted by molar-refractivity contribution is 9.10. The van der Waals surface area contributed by atoms with Gasteiger partial charge in [-0.25, -0.2) is 0 Å². The summed E-state index contributed by atoms with van der Waals surface area (Å²) in [4.78, 5) is 0. The van der Waals surface area contributed by atoms with Crippen LogP contribution in [0.2, 0.25) is 0 Å². The number of hydrogen-bond donors (Lipinski definition) is 2. The van der Waals surface area contributed by atoms with Gasteiger partial charge in [0.1, 0.15) is 0 Å². The normalized spacial score (nSPS) is 15.4. The van der Waals surface area contributed by atoms with Crippen LogP contribution in [0.3, 0.4) is 0 Å². The van der Waals surface area contributed by atoms with Crippen molar-refractivity contribution in [1.82, 2.24) is 5.32 Å². The Morgan fingerprint density at radius 2 is 2.15 bits per heavy atom. The van der Waals surface area contributed by atoms with Gasteiger partial charge in [0.15, 0.2) is 11.5 Å². The van der Waals surface area contributed by atoms with Crippen LogP contribution < -0.4 is 14.8 Å². The standard InChI is InChI=1S/C15H22BrNO3/c1-10(18)6-15(2,3)8-17-7-11-4-12(16)14-13(5-11)19-9-20-14/h4-5,10,17-18H,6-9H2,1-3H3. The molecule has 1 atom stereocenters. The molecule has 0 aliphatic carbocycles. The second kappa shape index (κ2) is 6.33. The minimum Gasteiger partial charge on any atom is -0.454 e. The number of ether oxygens (including phenoxy) is 2. The maximum atomic E-state index is 9.48. The molecule has 112 valence electrons. The molecule has 5 heteroatoms. The fraction of sp³-hybridized carbons (Fsp3) is 0.600. The first-order valence-corrected chi connectivity index (χ1v) is 7.63. The Hall–Kier alpha value is -0.780. The van der Waals surface area contributed by atoms with E-state index in [9.17, 15) is 5.11 Å². The molecule has 0 aromatic heterocycles. The lowest BCUT2D eigenvalue weighted by Crippen LogP contribution is -2.31. The summed E-state index contributed by atoms with van der Waals surface area (Å²) in [6.45, 7) is 8.04. The topological polar surface area (TPSA) is 50.7 Å². The lowest BCUT2D eigenvalue weighted by molar-refractivity contribution is 0.128. The van der Waals surface area contributed by atoms with Gasteiger partial charge in [-0.15, -0.1) is 0 Å². The van der Waals surface area contributed by atoms with Crippen molar-refractivity contribution < 1.29 is 14.6 Å². The minimum absolute atomic E-state index is 0.0712. The molecule has 1 aliphatic heterocycles. The number of nitrogens with one attached hydrogen (secondary N) is 1. The Balaban J connectivity index is 1.90. The SMILES string of the molecule is CC(O)CC(C)(C)CNCc1cc(Br)c2c(c1)OCO2. The largest absolute Gasteiger partial charge is 0.454 e. The maximum Gasteiger partial charge on any atom is 0.231 e. The first kappa shape index (κ1) is 15.6. The van der Waals surface area contributed by atoms with E-state index < -0.39 is 0 Å². The van der Waals surface area contributed by atoms with Crippen LogP contribution in [0.5, 0.6) is 11.5 Å². The van der Waals surface area contributed by atoms with E-state index in [-0.39, 0.29) is 18.3 Å². The molecule has 2 rings (SSSR count). The summed E-state index contributed by atoms with van der Waals surface area (Å²) < 4.78 is 11.7. The number of rotatable bonds is 6. The Bertz CT molecular complexity index is 474. The van der Waals surface area contributed by atoms with E-state index in [1.807, 2.05) is 19.1 Å². The molecular formula is C15H22BrNO3. The van der Waals surface area contributed by atoms with Crippen molar-refractivity contribution in [2.24, 2.45) is 5.41 Å². The first-order chi connectivity index (χ1) is 9.37. The Kier molecular flexibility index (Phi) is 4.94. The molecule has 4 nitrogen and oxygen atoms in total. The summed E-state index contributed by atoms with van der Waals surface area (Å²) in [6, 6.07) is 4.05. The zero-order valence-electron chi connectivity index (χ0n) is 12.2. The molecule has 0 spiro atoms. The maximum absolute atomic E-state index is 9.48. The molecule has 0 fully saturated rings. The first-order valence-electron chi connectivity index (χ1n) is 6.84. The summed E-state index contributed by atoms with van der Waals surface area (Å²) in [5.41, 5.74) is 1.22. The van der Waals surface area contributed by atoms with Gasteiger partial charge in [-0.1, -0.05) is 13.8 Å². The summed E-state index contributed by atoms with van der Waals surface area (Å²) in [6.07, 6.45) is 0.511. The van der Waals surface area contributed by atoms with Crippen LogP contribution in [-0.2, 0) is 6.54 Å². The average Bonchev–Trinajstić information content (AvgIpc) is 2.75. The Morgan fingerprint density at radius 1 is 1.40 bits per heavy atom. The molecule has 1 heterocycles. The fourth-order valence-corrected chi connectivity index (χ4v) is 3.14. The summed E-state index contributed by atoms with van der Waals surface area (Å²) in [7, 11) is 0. The summed E-state index contributed by atoms with van der Waals surface area (Å²) in [5.74, 6) is 1.57. The van der Waals surface area contributed by atoms with Gasteiger partial charge >= 0.3 is 0 Å². The number of hydrogen-bond acceptors (Lipinski definition) is 4. The van der Waals surface area contributed by atoms with Gasteiger partial charge in [0.2, 0.25) is 6.79 Å². The molecule has 1 aromatic carbocycles. The number of aliphatic hydroxyl groups excluding tert-OH is 1. The number of benzene rings is 1.